The number of halogens is 1. The molecule has 1 N–H and O–H groups in total. The Balaban J connectivity index is 1.82. The Morgan fingerprint density at radius 2 is 1.47 bits per heavy atom. The molecule has 0 heterocycles. The topological polar surface area (TPSA) is 86.8 Å². The largest absolute Gasteiger partial charge is 0.354 e. The first-order chi connectivity index (χ1) is 21.5. The zero-order chi connectivity index (χ0) is 32.6. The zero-order valence-corrected chi connectivity index (χ0v) is 26.9. The fraction of sp³-hybridized carbons (Fsp3) is 0.278. The Hall–Kier alpha value is -4.50. The number of amides is 2. The van der Waals surface area contributed by atoms with Gasteiger partial charge >= 0.3 is 0 Å². The number of rotatable bonds is 13. The standard InChI is InChI=1S/C36H40FN3O4S/c1-26(2)23-38-36(42)34(22-29-13-7-5-8-14-29)39(24-30-15-11-12-18-32(30)37)35(41)25-40(33-20-19-27(3)21-28(33)4)45(43,44)31-16-9-6-10-17-31/h5-21,26,34H,22-25H2,1-4H3,(H,38,42). The van der Waals surface area contributed by atoms with Gasteiger partial charge in [0, 0.05) is 25.1 Å². The molecule has 0 fully saturated rings. The Kier molecular flexibility index (Phi) is 11.1. The summed E-state index contributed by atoms with van der Waals surface area (Å²) in [7, 11) is -4.21. The molecule has 0 aliphatic heterocycles. The molecular weight excluding hydrogens is 589 g/mol. The first-order valence-corrected chi connectivity index (χ1v) is 16.4. The van der Waals surface area contributed by atoms with E-state index in [4.69, 9.17) is 0 Å². The van der Waals surface area contributed by atoms with Gasteiger partial charge in [-0.3, -0.25) is 13.9 Å². The minimum absolute atomic E-state index is 0.0222. The predicted molar refractivity (Wildman–Crippen MR) is 176 cm³/mol. The van der Waals surface area contributed by atoms with Crippen LogP contribution in [0.1, 0.15) is 36.1 Å². The number of nitrogens with zero attached hydrogens (tertiary/aromatic N) is 2. The van der Waals surface area contributed by atoms with Gasteiger partial charge in [0.05, 0.1) is 10.6 Å². The molecule has 4 aromatic carbocycles. The third kappa shape index (κ3) is 8.57. The first-order valence-electron chi connectivity index (χ1n) is 15.0. The van der Waals surface area contributed by atoms with Crippen LogP contribution in [0.4, 0.5) is 10.1 Å². The van der Waals surface area contributed by atoms with Crippen molar-refractivity contribution in [3.63, 3.8) is 0 Å². The van der Waals surface area contributed by atoms with Crippen LogP contribution in [0, 0.1) is 25.6 Å². The number of nitrogens with one attached hydrogen (secondary N) is 1. The smallest absolute Gasteiger partial charge is 0.264 e. The number of carbonyl (C=O) groups excluding carboxylic acids is 2. The summed E-state index contributed by atoms with van der Waals surface area (Å²) in [6.07, 6.45) is 0.153. The molecule has 1 unspecified atom stereocenters. The summed E-state index contributed by atoms with van der Waals surface area (Å²) in [6, 6.07) is 27.5. The molecule has 0 radical (unpaired) electrons. The lowest BCUT2D eigenvalue weighted by Gasteiger charge is -2.34. The van der Waals surface area contributed by atoms with Crippen molar-refractivity contribution in [3.05, 3.63) is 131 Å². The van der Waals surface area contributed by atoms with E-state index in [0.29, 0.717) is 17.8 Å². The molecule has 0 aliphatic rings. The van der Waals surface area contributed by atoms with E-state index in [1.807, 2.05) is 57.2 Å². The molecule has 236 valence electrons. The maximum atomic E-state index is 15.0. The molecular formula is C36H40FN3O4S. The number of anilines is 1. The Morgan fingerprint density at radius 3 is 2.09 bits per heavy atom. The summed E-state index contributed by atoms with van der Waals surface area (Å²) < 4.78 is 44.4. The van der Waals surface area contributed by atoms with Crippen molar-refractivity contribution in [2.75, 3.05) is 17.4 Å². The van der Waals surface area contributed by atoms with Gasteiger partial charge in [0.2, 0.25) is 11.8 Å². The lowest BCUT2D eigenvalue weighted by molar-refractivity contribution is -0.140. The number of sulfonamides is 1. The first kappa shape index (κ1) is 33.4. The number of benzene rings is 4. The van der Waals surface area contributed by atoms with Gasteiger partial charge in [0.25, 0.3) is 10.0 Å². The van der Waals surface area contributed by atoms with Crippen LogP contribution in [0.2, 0.25) is 0 Å². The quantitative estimate of drug-likeness (QED) is 0.195. The molecule has 45 heavy (non-hydrogen) atoms. The molecule has 0 bridgehead atoms. The van der Waals surface area contributed by atoms with Gasteiger partial charge in [-0.25, -0.2) is 12.8 Å². The van der Waals surface area contributed by atoms with Crippen LogP contribution >= 0.6 is 0 Å². The van der Waals surface area contributed by atoms with Crippen LogP contribution in [-0.4, -0.2) is 44.3 Å². The average Bonchev–Trinajstić information content (AvgIpc) is 3.02. The van der Waals surface area contributed by atoms with Gasteiger partial charge in [-0.1, -0.05) is 98.3 Å². The number of hydrogen-bond acceptors (Lipinski definition) is 4. The van der Waals surface area contributed by atoms with Crippen LogP contribution in [-0.2, 0) is 32.6 Å². The van der Waals surface area contributed by atoms with E-state index in [0.717, 1.165) is 15.4 Å². The second kappa shape index (κ2) is 15.0. The van der Waals surface area contributed by atoms with Gasteiger partial charge in [-0.2, -0.15) is 0 Å². The SMILES string of the molecule is Cc1ccc(N(CC(=O)N(Cc2ccccc2F)C(Cc2ccccc2)C(=O)NCC(C)C)S(=O)(=O)c2ccccc2)c(C)c1. The Labute approximate surface area is 265 Å². The van der Waals surface area contributed by atoms with Crippen molar-refractivity contribution in [1.82, 2.24) is 10.2 Å². The second-order valence-electron chi connectivity index (χ2n) is 11.6. The maximum Gasteiger partial charge on any atom is 0.264 e. The van der Waals surface area contributed by atoms with Crippen LogP contribution in [0.15, 0.2) is 108 Å². The minimum Gasteiger partial charge on any atom is -0.354 e. The summed E-state index contributed by atoms with van der Waals surface area (Å²) in [5, 5.41) is 2.94. The molecule has 1 atom stereocenters. The van der Waals surface area contributed by atoms with E-state index in [2.05, 4.69) is 5.32 Å². The van der Waals surface area contributed by atoms with Crippen molar-refractivity contribution in [2.24, 2.45) is 5.92 Å². The molecule has 2 amide bonds. The van der Waals surface area contributed by atoms with Crippen molar-refractivity contribution in [3.8, 4) is 0 Å². The number of aryl methyl sites for hydroxylation is 2. The van der Waals surface area contributed by atoms with Gasteiger partial charge in [-0.15, -0.1) is 0 Å². The highest BCUT2D eigenvalue weighted by Gasteiger charge is 2.35. The molecule has 0 saturated carbocycles. The molecule has 7 nitrogen and oxygen atoms in total. The van der Waals surface area contributed by atoms with Crippen LogP contribution in [0.25, 0.3) is 0 Å². The Morgan fingerprint density at radius 1 is 0.844 bits per heavy atom. The maximum absolute atomic E-state index is 15.0. The highest BCUT2D eigenvalue weighted by molar-refractivity contribution is 7.92. The van der Waals surface area contributed by atoms with Crippen molar-refractivity contribution in [2.45, 2.75) is 51.6 Å². The van der Waals surface area contributed by atoms with E-state index < -0.39 is 40.2 Å². The van der Waals surface area contributed by atoms with Crippen molar-refractivity contribution < 1.29 is 22.4 Å². The number of carbonyl (C=O) groups is 2. The van der Waals surface area contributed by atoms with E-state index in [1.54, 1.807) is 55.5 Å². The van der Waals surface area contributed by atoms with E-state index in [1.165, 1.54) is 23.1 Å². The van der Waals surface area contributed by atoms with Crippen LogP contribution in [0.5, 0.6) is 0 Å². The van der Waals surface area contributed by atoms with E-state index >= 15 is 4.39 Å². The molecule has 0 saturated heterocycles. The minimum atomic E-state index is -4.21. The molecule has 9 heteroatoms. The molecule has 4 rings (SSSR count). The summed E-state index contributed by atoms with van der Waals surface area (Å²) in [5.41, 5.74) is 2.96. The number of hydrogen-bond donors (Lipinski definition) is 1. The fourth-order valence-corrected chi connectivity index (χ4v) is 6.60. The summed E-state index contributed by atoms with van der Waals surface area (Å²) in [4.78, 5) is 29.6. The lowest BCUT2D eigenvalue weighted by Crippen LogP contribution is -2.54. The summed E-state index contributed by atoms with van der Waals surface area (Å²) in [6.45, 7) is 7.16. The van der Waals surface area contributed by atoms with Crippen molar-refractivity contribution in [1.29, 1.82) is 0 Å². The summed E-state index contributed by atoms with van der Waals surface area (Å²) in [5.74, 6) is -1.42. The summed E-state index contributed by atoms with van der Waals surface area (Å²) >= 11 is 0. The highest BCUT2D eigenvalue weighted by atomic mass is 32.2. The molecule has 0 spiro atoms. The fourth-order valence-electron chi connectivity index (χ4n) is 5.10. The predicted octanol–water partition coefficient (Wildman–Crippen LogP) is 6.05. The van der Waals surface area contributed by atoms with Gasteiger partial charge in [-0.05, 0) is 55.2 Å². The van der Waals surface area contributed by atoms with E-state index in [-0.39, 0.29) is 29.3 Å². The van der Waals surface area contributed by atoms with Gasteiger partial charge < -0.3 is 10.2 Å². The third-order valence-electron chi connectivity index (χ3n) is 7.49. The molecule has 0 aromatic heterocycles. The van der Waals surface area contributed by atoms with Crippen molar-refractivity contribution >= 4 is 27.5 Å². The highest BCUT2D eigenvalue weighted by Crippen LogP contribution is 2.28. The van der Waals surface area contributed by atoms with Gasteiger partial charge in [0.15, 0.2) is 0 Å². The Bertz CT molecular complexity index is 1710. The molecule has 0 aliphatic carbocycles. The second-order valence-corrected chi connectivity index (χ2v) is 13.4. The lowest BCUT2D eigenvalue weighted by atomic mass is 10.0. The average molecular weight is 630 g/mol. The van der Waals surface area contributed by atoms with E-state index in [9.17, 15) is 18.0 Å². The van der Waals surface area contributed by atoms with Crippen LogP contribution < -0.4 is 9.62 Å². The monoisotopic (exact) mass is 629 g/mol. The molecule has 4 aromatic rings. The normalized spacial score (nSPS) is 12.0. The van der Waals surface area contributed by atoms with Gasteiger partial charge in [0.1, 0.15) is 18.4 Å². The zero-order valence-electron chi connectivity index (χ0n) is 26.1. The van der Waals surface area contributed by atoms with Crippen LogP contribution in [0.3, 0.4) is 0 Å². The third-order valence-corrected chi connectivity index (χ3v) is 9.26.